The molecular formula is C12H21N3OS. The van der Waals surface area contributed by atoms with Crippen LogP contribution in [0.5, 0.6) is 0 Å². The van der Waals surface area contributed by atoms with Gasteiger partial charge in [0.2, 0.25) is 5.91 Å². The highest BCUT2D eigenvalue weighted by Crippen LogP contribution is 2.26. The lowest BCUT2D eigenvalue weighted by Gasteiger charge is -2.26. The number of carbonyl (C=O) groups is 1. The second-order valence-corrected chi connectivity index (χ2v) is 5.04. The molecule has 1 amide bonds. The summed E-state index contributed by atoms with van der Waals surface area (Å²) in [6.07, 6.45) is 0. The third kappa shape index (κ3) is 3.80. The molecule has 1 unspecified atom stereocenters. The maximum Gasteiger partial charge on any atom is 0.234 e. The molecule has 0 saturated heterocycles. The molecule has 1 aromatic rings. The van der Waals surface area contributed by atoms with Crippen LogP contribution in [0.25, 0.3) is 0 Å². The molecule has 17 heavy (non-hydrogen) atoms. The summed E-state index contributed by atoms with van der Waals surface area (Å²) in [5.41, 5.74) is 7.06. The van der Waals surface area contributed by atoms with E-state index in [4.69, 9.17) is 5.73 Å². The number of nitrogens with one attached hydrogen (secondary N) is 1. The number of likely N-dealkylation sites (N-methyl/N-ethyl adjacent to an activating group) is 2. The Labute approximate surface area is 107 Å². The molecule has 0 aromatic carbocycles. The van der Waals surface area contributed by atoms with E-state index in [1.807, 2.05) is 18.9 Å². The van der Waals surface area contributed by atoms with E-state index in [1.165, 1.54) is 10.4 Å². The average molecular weight is 255 g/mol. The van der Waals surface area contributed by atoms with Gasteiger partial charge < -0.3 is 11.1 Å². The van der Waals surface area contributed by atoms with Crippen molar-refractivity contribution in [2.24, 2.45) is 5.73 Å². The first-order chi connectivity index (χ1) is 8.10. The van der Waals surface area contributed by atoms with E-state index in [0.717, 1.165) is 0 Å². The molecule has 0 radical (unpaired) electrons. The molecule has 96 valence electrons. The van der Waals surface area contributed by atoms with Crippen LogP contribution in [0.4, 0.5) is 0 Å². The van der Waals surface area contributed by atoms with Gasteiger partial charge in [0, 0.05) is 18.0 Å². The van der Waals surface area contributed by atoms with Crippen LogP contribution < -0.4 is 11.1 Å². The van der Waals surface area contributed by atoms with Crippen molar-refractivity contribution in [3.63, 3.8) is 0 Å². The number of nitrogens with zero attached hydrogens (tertiary/aromatic N) is 1. The minimum Gasteiger partial charge on any atom is -0.355 e. The summed E-state index contributed by atoms with van der Waals surface area (Å²) >= 11 is 1.70. The van der Waals surface area contributed by atoms with Gasteiger partial charge in [0.25, 0.3) is 0 Å². The van der Waals surface area contributed by atoms with Crippen LogP contribution in [-0.4, -0.2) is 37.5 Å². The molecule has 1 rings (SSSR count). The number of rotatable bonds is 6. The number of hydrogen-bond acceptors (Lipinski definition) is 4. The smallest absolute Gasteiger partial charge is 0.234 e. The minimum absolute atomic E-state index is 0.0441. The molecule has 0 aliphatic carbocycles. The van der Waals surface area contributed by atoms with Crippen LogP contribution in [-0.2, 0) is 4.79 Å². The second-order valence-electron chi connectivity index (χ2n) is 4.09. The topological polar surface area (TPSA) is 58.4 Å². The Balaban J connectivity index is 2.68. The summed E-state index contributed by atoms with van der Waals surface area (Å²) in [5.74, 6) is 0.0441. The van der Waals surface area contributed by atoms with E-state index in [-0.39, 0.29) is 11.9 Å². The first-order valence-electron chi connectivity index (χ1n) is 5.81. The molecule has 5 heteroatoms. The molecule has 1 atom stereocenters. The van der Waals surface area contributed by atoms with Crippen molar-refractivity contribution >= 4 is 17.2 Å². The van der Waals surface area contributed by atoms with Gasteiger partial charge in [-0.3, -0.25) is 9.69 Å². The SMILES string of the molecule is CCNC(=O)CN(C)C(CN)c1sccc1C. The summed E-state index contributed by atoms with van der Waals surface area (Å²) < 4.78 is 0. The van der Waals surface area contributed by atoms with Gasteiger partial charge in [0.1, 0.15) is 0 Å². The molecule has 0 fully saturated rings. The maximum atomic E-state index is 11.5. The lowest BCUT2D eigenvalue weighted by Crippen LogP contribution is -2.39. The normalized spacial score (nSPS) is 12.8. The van der Waals surface area contributed by atoms with Crippen molar-refractivity contribution < 1.29 is 4.79 Å². The molecule has 1 aromatic heterocycles. The second kappa shape index (κ2) is 6.74. The predicted molar refractivity (Wildman–Crippen MR) is 72.2 cm³/mol. The van der Waals surface area contributed by atoms with E-state index in [9.17, 15) is 4.79 Å². The zero-order valence-corrected chi connectivity index (χ0v) is 11.5. The first-order valence-corrected chi connectivity index (χ1v) is 6.69. The highest BCUT2D eigenvalue weighted by Gasteiger charge is 2.20. The van der Waals surface area contributed by atoms with Crippen molar-refractivity contribution in [2.45, 2.75) is 19.9 Å². The molecule has 0 aliphatic heterocycles. The lowest BCUT2D eigenvalue weighted by atomic mass is 10.1. The standard InChI is InChI=1S/C12H21N3OS/c1-4-14-11(16)8-15(3)10(7-13)12-9(2)5-6-17-12/h5-6,10H,4,7-8,13H2,1-3H3,(H,14,16). The highest BCUT2D eigenvalue weighted by molar-refractivity contribution is 7.10. The lowest BCUT2D eigenvalue weighted by molar-refractivity contribution is -0.122. The molecule has 3 N–H and O–H groups in total. The minimum atomic E-state index is 0.0441. The van der Waals surface area contributed by atoms with E-state index in [2.05, 4.69) is 23.7 Å². The van der Waals surface area contributed by atoms with E-state index >= 15 is 0 Å². The first kappa shape index (κ1) is 14.2. The molecule has 0 aliphatic rings. The molecule has 0 saturated carbocycles. The van der Waals surface area contributed by atoms with Crippen LogP contribution in [0.2, 0.25) is 0 Å². The van der Waals surface area contributed by atoms with Gasteiger partial charge in [-0.2, -0.15) is 0 Å². The van der Waals surface area contributed by atoms with E-state index in [0.29, 0.717) is 19.6 Å². The van der Waals surface area contributed by atoms with Crippen LogP contribution in [0.1, 0.15) is 23.4 Å². The number of nitrogens with two attached hydrogens (primary N) is 1. The van der Waals surface area contributed by atoms with Crippen molar-refractivity contribution in [1.29, 1.82) is 0 Å². The van der Waals surface area contributed by atoms with Crippen molar-refractivity contribution in [3.05, 3.63) is 21.9 Å². The Morgan fingerprint density at radius 2 is 2.35 bits per heavy atom. The van der Waals surface area contributed by atoms with Crippen LogP contribution in [0, 0.1) is 6.92 Å². The zero-order valence-electron chi connectivity index (χ0n) is 10.7. The summed E-state index contributed by atoms with van der Waals surface area (Å²) in [6.45, 7) is 5.57. The van der Waals surface area contributed by atoms with Crippen LogP contribution in [0.15, 0.2) is 11.4 Å². The Morgan fingerprint density at radius 1 is 1.65 bits per heavy atom. The molecule has 1 heterocycles. The summed E-state index contributed by atoms with van der Waals surface area (Å²) in [4.78, 5) is 14.8. The largest absolute Gasteiger partial charge is 0.355 e. The third-order valence-corrected chi connectivity index (χ3v) is 3.85. The fraction of sp³-hybridized carbons (Fsp3) is 0.583. The fourth-order valence-electron chi connectivity index (χ4n) is 1.80. The van der Waals surface area contributed by atoms with Gasteiger partial charge in [0.15, 0.2) is 0 Å². The molecule has 0 bridgehead atoms. The van der Waals surface area contributed by atoms with Crippen LogP contribution >= 0.6 is 11.3 Å². The Hall–Kier alpha value is -0.910. The number of amides is 1. The molecule has 0 spiro atoms. The quantitative estimate of drug-likeness (QED) is 0.801. The number of hydrogen-bond donors (Lipinski definition) is 2. The van der Waals surface area contributed by atoms with Gasteiger partial charge in [-0.15, -0.1) is 11.3 Å². The Morgan fingerprint density at radius 3 is 2.82 bits per heavy atom. The monoisotopic (exact) mass is 255 g/mol. The van der Waals surface area contributed by atoms with Gasteiger partial charge in [-0.25, -0.2) is 0 Å². The van der Waals surface area contributed by atoms with Crippen molar-refractivity contribution in [3.8, 4) is 0 Å². The number of carbonyl (C=O) groups excluding carboxylic acids is 1. The van der Waals surface area contributed by atoms with E-state index in [1.54, 1.807) is 11.3 Å². The Bertz CT molecular complexity index is 364. The van der Waals surface area contributed by atoms with Crippen LogP contribution in [0.3, 0.4) is 0 Å². The number of aryl methyl sites for hydroxylation is 1. The van der Waals surface area contributed by atoms with Crippen molar-refractivity contribution in [1.82, 2.24) is 10.2 Å². The summed E-state index contributed by atoms with van der Waals surface area (Å²) in [7, 11) is 1.94. The fourth-order valence-corrected chi connectivity index (χ4v) is 2.91. The van der Waals surface area contributed by atoms with Gasteiger partial charge >= 0.3 is 0 Å². The molecular weight excluding hydrogens is 234 g/mol. The number of thiophene rings is 1. The Kier molecular flexibility index (Phi) is 5.61. The molecule has 4 nitrogen and oxygen atoms in total. The third-order valence-electron chi connectivity index (χ3n) is 2.73. The van der Waals surface area contributed by atoms with Gasteiger partial charge in [0.05, 0.1) is 12.6 Å². The highest BCUT2D eigenvalue weighted by atomic mass is 32.1. The summed E-state index contributed by atoms with van der Waals surface area (Å²) in [6, 6.07) is 2.21. The van der Waals surface area contributed by atoms with E-state index < -0.39 is 0 Å². The zero-order chi connectivity index (χ0) is 12.8. The maximum absolute atomic E-state index is 11.5. The van der Waals surface area contributed by atoms with Gasteiger partial charge in [-0.1, -0.05) is 0 Å². The summed E-state index contributed by atoms with van der Waals surface area (Å²) in [5, 5.41) is 4.86. The van der Waals surface area contributed by atoms with Crippen molar-refractivity contribution in [2.75, 3.05) is 26.7 Å². The average Bonchev–Trinajstić information content (AvgIpc) is 2.66. The van der Waals surface area contributed by atoms with Gasteiger partial charge in [-0.05, 0) is 37.9 Å². The predicted octanol–water partition coefficient (Wildman–Crippen LogP) is 1.12.